The second-order valence-electron chi connectivity index (χ2n) is 4.81. The lowest BCUT2D eigenvalue weighted by Crippen LogP contribution is -2.21. The summed E-state index contributed by atoms with van der Waals surface area (Å²) in [5, 5.41) is 12.4. The van der Waals surface area contributed by atoms with Crippen LogP contribution in [0.5, 0.6) is 0 Å². The van der Waals surface area contributed by atoms with Crippen molar-refractivity contribution in [2.75, 3.05) is 23.3 Å². The van der Waals surface area contributed by atoms with Crippen molar-refractivity contribution in [1.82, 2.24) is 4.98 Å². The number of pyridine rings is 1. The molecule has 108 valence electrons. The monoisotopic (exact) mass is 280 g/mol. The molecule has 1 aromatic carbocycles. The largest absolute Gasteiger partial charge is 0.372 e. The highest BCUT2D eigenvalue weighted by molar-refractivity contribution is 5.66. The zero-order chi connectivity index (χ0) is 15.2. The fourth-order valence-corrected chi connectivity index (χ4v) is 2.28. The van der Waals surface area contributed by atoms with Crippen LogP contribution in [0.25, 0.3) is 0 Å². The number of hydrogen-bond donors (Lipinski definition) is 1. The zero-order valence-electron chi connectivity index (χ0n) is 12.7. The Morgan fingerprint density at radius 2 is 1.81 bits per heavy atom. The van der Waals surface area contributed by atoms with Gasteiger partial charge < -0.3 is 10.2 Å². The third kappa shape index (κ3) is 3.32. The second kappa shape index (κ2) is 6.76. The molecule has 0 aliphatic rings. The Kier molecular flexibility index (Phi) is 4.78. The molecule has 21 heavy (non-hydrogen) atoms. The molecular weight excluding hydrogens is 260 g/mol. The molecule has 1 aromatic heterocycles. The van der Waals surface area contributed by atoms with E-state index < -0.39 is 0 Å². The molecular formula is C17H20N4. The summed E-state index contributed by atoms with van der Waals surface area (Å²) in [5.41, 5.74) is 3.64. The summed E-state index contributed by atoms with van der Waals surface area (Å²) in [6, 6.07) is 12.2. The predicted molar refractivity (Wildman–Crippen MR) is 87.0 cm³/mol. The van der Waals surface area contributed by atoms with Crippen molar-refractivity contribution >= 4 is 17.2 Å². The van der Waals surface area contributed by atoms with E-state index in [9.17, 15) is 5.26 Å². The minimum atomic E-state index is 0.588. The molecule has 1 N–H and O–H groups in total. The Morgan fingerprint density at radius 1 is 1.14 bits per heavy atom. The molecule has 0 radical (unpaired) electrons. The minimum Gasteiger partial charge on any atom is -0.372 e. The first kappa shape index (κ1) is 14.9. The van der Waals surface area contributed by atoms with Gasteiger partial charge in [-0.05, 0) is 56.7 Å². The topological polar surface area (TPSA) is 52.0 Å². The van der Waals surface area contributed by atoms with Crippen molar-refractivity contribution in [1.29, 1.82) is 5.26 Å². The summed E-state index contributed by atoms with van der Waals surface area (Å²) >= 11 is 0. The molecule has 4 nitrogen and oxygen atoms in total. The predicted octanol–water partition coefficient (Wildman–Crippen LogP) is 3.85. The van der Waals surface area contributed by atoms with Crippen LogP contribution in [0.4, 0.5) is 17.2 Å². The second-order valence-corrected chi connectivity index (χ2v) is 4.81. The Morgan fingerprint density at radius 3 is 2.38 bits per heavy atom. The molecule has 2 rings (SSSR count). The lowest BCUT2D eigenvalue weighted by atomic mass is 10.1. The summed E-state index contributed by atoms with van der Waals surface area (Å²) < 4.78 is 0. The summed E-state index contributed by atoms with van der Waals surface area (Å²) in [6.45, 7) is 8.18. The highest BCUT2D eigenvalue weighted by Crippen LogP contribution is 2.23. The lowest BCUT2D eigenvalue weighted by molar-refractivity contribution is 0.866. The van der Waals surface area contributed by atoms with E-state index in [-0.39, 0.29) is 0 Å². The van der Waals surface area contributed by atoms with Gasteiger partial charge in [0.25, 0.3) is 0 Å². The van der Waals surface area contributed by atoms with Gasteiger partial charge in [0, 0.05) is 30.7 Å². The molecule has 0 amide bonds. The number of hydrogen-bond acceptors (Lipinski definition) is 4. The van der Waals surface area contributed by atoms with Crippen LogP contribution in [0.2, 0.25) is 0 Å². The van der Waals surface area contributed by atoms with E-state index in [1.165, 1.54) is 5.69 Å². The van der Waals surface area contributed by atoms with Gasteiger partial charge in [-0.3, -0.25) is 0 Å². The van der Waals surface area contributed by atoms with Crippen LogP contribution in [0.1, 0.15) is 25.0 Å². The first-order valence-electron chi connectivity index (χ1n) is 7.17. The van der Waals surface area contributed by atoms with E-state index in [2.05, 4.69) is 47.3 Å². The molecule has 0 spiro atoms. The number of nitriles is 1. The highest BCUT2D eigenvalue weighted by atomic mass is 15.1. The number of rotatable bonds is 5. The molecule has 4 heteroatoms. The number of benzene rings is 1. The fourth-order valence-electron chi connectivity index (χ4n) is 2.28. The molecule has 0 fully saturated rings. The molecule has 0 atom stereocenters. The van der Waals surface area contributed by atoms with E-state index in [4.69, 9.17) is 0 Å². The van der Waals surface area contributed by atoms with E-state index in [0.29, 0.717) is 11.4 Å². The van der Waals surface area contributed by atoms with Gasteiger partial charge in [-0.1, -0.05) is 0 Å². The van der Waals surface area contributed by atoms with Gasteiger partial charge in [0.15, 0.2) is 0 Å². The smallest absolute Gasteiger partial charge is 0.148 e. The summed E-state index contributed by atoms with van der Waals surface area (Å²) in [7, 11) is 0. The van der Waals surface area contributed by atoms with E-state index >= 15 is 0 Å². The van der Waals surface area contributed by atoms with Gasteiger partial charge in [-0.15, -0.1) is 0 Å². The van der Waals surface area contributed by atoms with Crippen LogP contribution in [0, 0.1) is 18.3 Å². The van der Waals surface area contributed by atoms with Gasteiger partial charge in [0.1, 0.15) is 11.9 Å². The molecule has 0 saturated heterocycles. The Balaban J connectivity index is 2.22. The van der Waals surface area contributed by atoms with E-state index in [1.807, 2.05) is 25.1 Å². The van der Waals surface area contributed by atoms with Crippen molar-refractivity contribution in [2.24, 2.45) is 0 Å². The maximum atomic E-state index is 9.22. The highest BCUT2D eigenvalue weighted by Gasteiger charge is 2.07. The van der Waals surface area contributed by atoms with Crippen molar-refractivity contribution < 1.29 is 0 Å². The average Bonchev–Trinajstić information content (AvgIpc) is 2.50. The number of nitrogens with one attached hydrogen (secondary N) is 1. The molecule has 1 heterocycles. The molecule has 0 aliphatic heterocycles. The Labute approximate surface area is 126 Å². The number of aromatic nitrogens is 1. The first-order valence-corrected chi connectivity index (χ1v) is 7.17. The number of aryl methyl sites for hydroxylation is 1. The normalized spacial score (nSPS) is 10.0. The van der Waals surface area contributed by atoms with Crippen LogP contribution < -0.4 is 10.2 Å². The third-order valence-corrected chi connectivity index (χ3v) is 3.53. The first-order chi connectivity index (χ1) is 10.2. The maximum absolute atomic E-state index is 9.22. The SMILES string of the molecule is CCN(CC)c1ccc(Nc2nccc(C)c2C#N)cc1. The number of anilines is 3. The van der Waals surface area contributed by atoms with Gasteiger partial charge in [0.2, 0.25) is 0 Å². The molecule has 0 aliphatic carbocycles. The van der Waals surface area contributed by atoms with Crippen molar-refractivity contribution in [2.45, 2.75) is 20.8 Å². The van der Waals surface area contributed by atoms with E-state index in [0.717, 1.165) is 24.3 Å². The summed E-state index contributed by atoms with van der Waals surface area (Å²) in [4.78, 5) is 6.54. The third-order valence-electron chi connectivity index (χ3n) is 3.53. The standard InChI is InChI=1S/C17H20N4/c1-4-21(5-2)15-8-6-14(7-9-15)20-17-16(12-18)13(3)10-11-19-17/h6-11H,4-5H2,1-3H3,(H,19,20). The number of nitrogens with zero attached hydrogens (tertiary/aromatic N) is 3. The lowest BCUT2D eigenvalue weighted by Gasteiger charge is -2.21. The van der Waals surface area contributed by atoms with Crippen molar-refractivity contribution in [3.8, 4) is 6.07 Å². The zero-order valence-corrected chi connectivity index (χ0v) is 12.7. The van der Waals surface area contributed by atoms with Crippen LogP contribution in [-0.2, 0) is 0 Å². The summed E-state index contributed by atoms with van der Waals surface area (Å²) in [5.74, 6) is 0.605. The summed E-state index contributed by atoms with van der Waals surface area (Å²) in [6.07, 6.45) is 1.71. The van der Waals surface area contributed by atoms with Gasteiger partial charge in [0.05, 0.1) is 5.56 Å². The average molecular weight is 280 g/mol. The van der Waals surface area contributed by atoms with Crippen molar-refractivity contribution in [3.05, 3.63) is 47.7 Å². The van der Waals surface area contributed by atoms with Gasteiger partial charge in [-0.25, -0.2) is 4.98 Å². The maximum Gasteiger partial charge on any atom is 0.148 e. The van der Waals surface area contributed by atoms with Gasteiger partial charge in [-0.2, -0.15) is 5.26 Å². The minimum absolute atomic E-state index is 0.588. The Bertz CT molecular complexity index is 637. The van der Waals surface area contributed by atoms with Crippen LogP contribution in [-0.4, -0.2) is 18.1 Å². The van der Waals surface area contributed by atoms with Gasteiger partial charge >= 0.3 is 0 Å². The van der Waals surface area contributed by atoms with Crippen LogP contribution in [0.15, 0.2) is 36.5 Å². The van der Waals surface area contributed by atoms with Crippen LogP contribution in [0.3, 0.4) is 0 Å². The van der Waals surface area contributed by atoms with Crippen molar-refractivity contribution in [3.63, 3.8) is 0 Å². The van der Waals surface area contributed by atoms with Crippen LogP contribution >= 0.6 is 0 Å². The molecule has 2 aromatic rings. The molecule has 0 bridgehead atoms. The Hall–Kier alpha value is -2.54. The molecule has 0 saturated carbocycles. The molecule has 0 unspecified atom stereocenters. The fraction of sp³-hybridized carbons (Fsp3) is 0.294. The van der Waals surface area contributed by atoms with E-state index in [1.54, 1.807) is 6.20 Å². The quantitative estimate of drug-likeness (QED) is 0.903.